The Morgan fingerprint density at radius 1 is 1.41 bits per heavy atom. The van der Waals surface area contributed by atoms with Crippen LogP contribution in [0.15, 0.2) is 17.6 Å². The fourth-order valence-electron chi connectivity index (χ4n) is 1.64. The van der Waals surface area contributed by atoms with E-state index in [1.165, 1.54) is 11.3 Å². The SMILES string of the molecule is CC(C)[C@H](N)C(=O)Nc1nc(-c2c[nH]c(C(N)=O)c2)cs1.Cl. The first-order valence-corrected chi connectivity index (χ1v) is 7.27. The molecule has 0 unspecified atom stereocenters. The molecule has 0 radical (unpaired) electrons. The van der Waals surface area contributed by atoms with Crippen molar-refractivity contribution in [3.05, 3.63) is 23.3 Å². The number of nitrogens with two attached hydrogens (primary N) is 2. The van der Waals surface area contributed by atoms with Gasteiger partial charge in [0.1, 0.15) is 5.69 Å². The number of H-pyrrole nitrogens is 1. The zero-order chi connectivity index (χ0) is 15.6. The summed E-state index contributed by atoms with van der Waals surface area (Å²) in [5.41, 5.74) is 12.6. The van der Waals surface area contributed by atoms with Crippen LogP contribution in [0.25, 0.3) is 11.3 Å². The van der Waals surface area contributed by atoms with Crippen LogP contribution in [0.2, 0.25) is 0 Å². The van der Waals surface area contributed by atoms with Gasteiger partial charge < -0.3 is 21.8 Å². The summed E-state index contributed by atoms with van der Waals surface area (Å²) in [6.45, 7) is 3.76. The number of hydrogen-bond acceptors (Lipinski definition) is 5. The third-order valence-corrected chi connectivity index (χ3v) is 3.76. The molecule has 9 heteroatoms. The van der Waals surface area contributed by atoms with E-state index in [2.05, 4.69) is 15.3 Å². The Labute approximate surface area is 137 Å². The van der Waals surface area contributed by atoms with Gasteiger partial charge in [-0.1, -0.05) is 13.8 Å². The number of hydrogen-bond donors (Lipinski definition) is 4. The molecule has 0 aliphatic heterocycles. The van der Waals surface area contributed by atoms with Crippen LogP contribution >= 0.6 is 23.7 Å². The van der Waals surface area contributed by atoms with Crippen LogP contribution in [0.5, 0.6) is 0 Å². The van der Waals surface area contributed by atoms with Gasteiger partial charge in [-0.05, 0) is 12.0 Å². The predicted molar refractivity (Wildman–Crippen MR) is 89.1 cm³/mol. The van der Waals surface area contributed by atoms with Crippen molar-refractivity contribution in [1.82, 2.24) is 9.97 Å². The Morgan fingerprint density at radius 3 is 2.64 bits per heavy atom. The minimum atomic E-state index is -0.578. The van der Waals surface area contributed by atoms with Gasteiger partial charge in [-0.2, -0.15) is 0 Å². The molecule has 0 fully saturated rings. The number of aromatic nitrogens is 2. The van der Waals surface area contributed by atoms with E-state index in [1.54, 1.807) is 17.6 Å². The summed E-state index contributed by atoms with van der Waals surface area (Å²) in [4.78, 5) is 30.0. The lowest BCUT2D eigenvalue weighted by Gasteiger charge is -2.13. The lowest BCUT2D eigenvalue weighted by Crippen LogP contribution is -2.39. The number of nitrogens with zero attached hydrogens (tertiary/aromatic N) is 1. The second kappa shape index (κ2) is 7.39. The zero-order valence-electron chi connectivity index (χ0n) is 12.1. The lowest BCUT2D eigenvalue weighted by molar-refractivity contribution is -0.118. The van der Waals surface area contributed by atoms with Crippen LogP contribution in [0, 0.1) is 5.92 Å². The predicted octanol–water partition coefficient (Wildman–Crippen LogP) is 1.58. The highest BCUT2D eigenvalue weighted by Gasteiger charge is 2.18. The molecule has 0 saturated carbocycles. The molecule has 2 aromatic rings. The van der Waals surface area contributed by atoms with Gasteiger partial charge in [0.05, 0.1) is 11.7 Å². The third-order valence-electron chi connectivity index (χ3n) is 3.00. The van der Waals surface area contributed by atoms with Crippen molar-refractivity contribution in [3.63, 3.8) is 0 Å². The average molecular weight is 344 g/mol. The van der Waals surface area contributed by atoms with Crippen LogP contribution < -0.4 is 16.8 Å². The number of thiazole rings is 1. The molecular formula is C13H18ClN5O2S. The largest absolute Gasteiger partial charge is 0.364 e. The molecule has 0 aliphatic rings. The van der Waals surface area contributed by atoms with Crippen molar-refractivity contribution < 1.29 is 9.59 Å². The molecule has 2 amide bonds. The minimum absolute atomic E-state index is 0. The van der Waals surface area contributed by atoms with E-state index in [9.17, 15) is 9.59 Å². The Morgan fingerprint density at radius 2 is 2.09 bits per heavy atom. The smallest absolute Gasteiger partial charge is 0.265 e. The number of amides is 2. The van der Waals surface area contributed by atoms with E-state index in [0.29, 0.717) is 16.5 Å². The van der Waals surface area contributed by atoms with Gasteiger partial charge >= 0.3 is 0 Å². The van der Waals surface area contributed by atoms with Crippen molar-refractivity contribution in [2.45, 2.75) is 19.9 Å². The Bertz CT molecular complexity index is 667. The van der Waals surface area contributed by atoms with Gasteiger partial charge in [-0.3, -0.25) is 9.59 Å². The fourth-order valence-corrected chi connectivity index (χ4v) is 2.36. The highest BCUT2D eigenvalue weighted by atomic mass is 35.5. The number of carbonyl (C=O) groups is 2. The number of primary amides is 1. The maximum absolute atomic E-state index is 11.9. The van der Waals surface area contributed by atoms with Gasteiger partial charge in [-0.25, -0.2) is 4.98 Å². The van der Waals surface area contributed by atoms with Crippen LogP contribution in [0.3, 0.4) is 0 Å². The van der Waals surface area contributed by atoms with Gasteiger partial charge in [0.25, 0.3) is 5.91 Å². The van der Waals surface area contributed by atoms with Gasteiger partial charge in [0.15, 0.2) is 5.13 Å². The normalized spacial score (nSPS) is 11.8. The molecule has 0 aromatic carbocycles. The van der Waals surface area contributed by atoms with Crippen molar-refractivity contribution in [1.29, 1.82) is 0 Å². The molecule has 0 saturated heterocycles. The highest BCUT2D eigenvalue weighted by molar-refractivity contribution is 7.14. The van der Waals surface area contributed by atoms with Crippen LogP contribution in [0.4, 0.5) is 5.13 Å². The standard InChI is InChI=1S/C13H17N5O2S.ClH/c1-6(2)10(14)12(20)18-13-17-9(5-21-13)7-3-8(11(15)19)16-4-7;/h3-6,10,16H,14H2,1-2H3,(H2,15,19)(H,17,18,20);1H/t10-;/m0./s1. The number of anilines is 1. The van der Waals surface area contributed by atoms with E-state index < -0.39 is 11.9 Å². The van der Waals surface area contributed by atoms with Gasteiger partial charge in [0, 0.05) is 17.1 Å². The van der Waals surface area contributed by atoms with E-state index in [4.69, 9.17) is 11.5 Å². The molecule has 2 aromatic heterocycles. The Kier molecular flexibility index (Phi) is 6.10. The minimum Gasteiger partial charge on any atom is -0.364 e. The number of halogens is 1. The van der Waals surface area contributed by atoms with Gasteiger partial charge in [0.2, 0.25) is 5.91 Å². The number of nitrogens with one attached hydrogen (secondary N) is 2. The topological polar surface area (TPSA) is 127 Å². The van der Waals surface area contributed by atoms with Crippen molar-refractivity contribution in [2.24, 2.45) is 17.4 Å². The average Bonchev–Trinajstić information content (AvgIpc) is 3.05. The quantitative estimate of drug-likeness (QED) is 0.657. The summed E-state index contributed by atoms with van der Waals surface area (Å²) in [5, 5.41) is 4.93. The summed E-state index contributed by atoms with van der Waals surface area (Å²) in [6.07, 6.45) is 1.64. The molecule has 2 rings (SSSR count). The summed E-state index contributed by atoms with van der Waals surface area (Å²) < 4.78 is 0. The first-order valence-electron chi connectivity index (χ1n) is 6.39. The highest BCUT2D eigenvalue weighted by Crippen LogP contribution is 2.25. The lowest BCUT2D eigenvalue weighted by atomic mass is 10.1. The van der Waals surface area contributed by atoms with E-state index >= 15 is 0 Å². The fraction of sp³-hybridized carbons (Fsp3) is 0.308. The maximum Gasteiger partial charge on any atom is 0.265 e. The Balaban J connectivity index is 0.00000242. The summed E-state index contributed by atoms with van der Waals surface area (Å²) in [5.74, 6) is -0.752. The maximum atomic E-state index is 11.9. The number of carbonyl (C=O) groups excluding carboxylic acids is 2. The molecule has 120 valence electrons. The molecule has 2 heterocycles. The van der Waals surface area contributed by atoms with Gasteiger partial charge in [-0.15, -0.1) is 23.7 Å². The monoisotopic (exact) mass is 343 g/mol. The molecule has 0 aliphatic carbocycles. The first kappa shape index (κ1) is 18.1. The third kappa shape index (κ3) is 4.06. The van der Waals surface area contributed by atoms with E-state index in [1.807, 2.05) is 13.8 Å². The number of aromatic amines is 1. The second-order valence-corrected chi connectivity index (χ2v) is 5.82. The molecular weight excluding hydrogens is 326 g/mol. The van der Waals surface area contributed by atoms with Crippen molar-refractivity contribution in [2.75, 3.05) is 5.32 Å². The zero-order valence-corrected chi connectivity index (χ0v) is 13.8. The molecule has 22 heavy (non-hydrogen) atoms. The van der Waals surface area contributed by atoms with Crippen LogP contribution in [-0.2, 0) is 4.79 Å². The molecule has 7 nitrogen and oxygen atoms in total. The van der Waals surface area contributed by atoms with E-state index in [-0.39, 0.29) is 24.2 Å². The molecule has 1 atom stereocenters. The van der Waals surface area contributed by atoms with Crippen LogP contribution in [0.1, 0.15) is 24.3 Å². The number of rotatable bonds is 5. The van der Waals surface area contributed by atoms with Crippen molar-refractivity contribution >= 4 is 40.7 Å². The Hall–Kier alpha value is -1.90. The molecule has 6 N–H and O–H groups in total. The molecule has 0 spiro atoms. The molecule has 0 bridgehead atoms. The summed E-state index contributed by atoms with van der Waals surface area (Å²) in [7, 11) is 0. The second-order valence-electron chi connectivity index (χ2n) is 4.96. The van der Waals surface area contributed by atoms with Crippen molar-refractivity contribution in [3.8, 4) is 11.3 Å². The summed E-state index contributed by atoms with van der Waals surface area (Å²) in [6, 6.07) is 1.04. The van der Waals surface area contributed by atoms with E-state index in [0.717, 1.165) is 5.56 Å². The summed E-state index contributed by atoms with van der Waals surface area (Å²) >= 11 is 1.29. The first-order chi connectivity index (χ1) is 9.88. The van der Waals surface area contributed by atoms with Crippen LogP contribution in [-0.4, -0.2) is 27.8 Å².